The molecule has 1 aromatic heterocycles. The summed E-state index contributed by atoms with van der Waals surface area (Å²) in [5, 5.41) is 0.716. The summed E-state index contributed by atoms with van der Waals surface area (Å²) in [5.41, 5.74) is 3.59. The molecule has 1 aromatic carbocycles. The molecule has 1 aliphatic carbocycles. The van der Waals surface area contributed by atoms with Crippen molar-refractivity contribution in [1.29, 1.82) is 0 Å². The quantitative estimate of drug-likeness (QED) is 0.810. The van der Waals surface area contributed by atoms with Crippen LogP contribution in [-0.2, 0) is 6.42 Å². The summed E-state index contributed by atoms with van der Waals surface area (Å²) in [4.78, 5) is 27.0. The third kappa shape index (κ3) is 3.71. The van der Waals surface area contributed by atoms with Gasteiger partial charge in [-0.25, -0.2) is 9.97 Å². The summed E-state index contributed by atoms with van der Waals surface area (Å²) < 4.78 is 0. The number of aromatic nitrogens is 2. The Morgan fingerprint density at radius 3 is 2.44 bits per heavy atom. The van der Waals surface area contributed by atoms with Crippen LogP contribution in [0.25, 0.3) is 0 Å². The van der Waals surface area contributed by atoms with Crippen molar-refractivity contribution in [3.63, 3.8) is 0 Å². The van der Waals surface area contributed by atoms with Crippen molar-refractivity contribution in [2.75, 3.05) is 37.6 Å². The van der Waals surface area contributed by atoms with Crippen molar-refractivity contribution >= 4 is 23.3 Å². The van der Waals surface area contributed by atoms with Crippen LogP contribution >= 0.6 is 11.6 Å². The zero-order valence-electron chi connectivity index (χ0n) is 15.9. The van der Waals surface area contributed by atoms with E-state index in [-0.39, 0.29) is 11.7 Å². The topological polar surface area (TPSA) is 49.3 Å². The van der Waals surface area contributed by atoms with Gasteiger partial charge in [0.15, 0.2) is 5.78 Å². The Kier molecular flexibility index (Phi) is 5.15. The van der Waals surface area contributed by atoms with E-state index in [1.54, 1.807) is 0 Å². The van der Waals surface area contributed by atoms with Crippen LogP contribution in [0, 0.1) is 6.92 Å². The molecule has 0 amide bonds. The number of ketones is 1. The maximum Gasteiger partial charge on any atom is 0.225 e. The molecular formula is C21H25ClN4O. The van der Waals surface area contributed by atoms with E-state index in [0.717, 1.165) is 67.6 Å². The Morgan fingerprint density at radius 1 is 1.07 bits per heavy atom. The van der Waals surface area contributed by atoms with Gasteiger partial charge >= 0.3 is 0 Å². The molecule has 0 bridgehead atoms. The van der Waals surface area contributed by atoms with Crippen molar-refractivity contribution < 1.29 is 4.79 Å². The third-order valence-corrected chi connectivity index (χ3v) is 6.00. The van der Waals surface area contributed by atoms with Gasteiger partial charge in [-0.2, -0.15) is 0 Å². The number of aryl methyl sites for hydroxylation is 1. The number of nitrogens with zero attached hydrogens (tertiary/aromatic N) is 4. The summed E-state index contributed by atoms with van der Waals surface area (Å²) >= 11 is 6.01. The first-order valence-electron chi connectivity index (χ1n) is 9.68. The Hall–Kier alpha value is -1.98. The van der Waals surface area contributed by atoms with Crippen LogP contribution in [0.2, 0.25) is 5.02 Å². The molecule has 142 valence electrons. The molecule has 4 rings (SSSR count). The molecular weight excluding hydrogens is 360 g/mol. The number of piperazine rings is 1. The van der Waals surface area contributed by atoms with Crippen LogP contribution in [0.1, 0.15) is 46.6 Å². The largest absolute Gasteiger partial charge is 0.338 e. The van der Waals surface area contributed by atoms with Gasteiger partial charge in [-0.15, -0.1) is 0 Å². The predicted octanol–water partition coefficient (Wildman–Crippen LogP) is 3.49. The van der Waals surface area contributed by atoms with Gasteiger partial charge in [0.05, 0.1) is 17.0 Å². The van der Waals surface area contributed by atoms with Crippen molar-refractivity contribution in [2.24, 2.45) is 0 Å². The highest BCUT2D eigenvalue weighted by atomic mass is 35.5. The van der Waals surface area contributed by atoms with Crippen LogP contribution in [0.5, 0.6) is 0 Å². The second-order valence-corrected chi connectivity index (χ2v) is 7.87. The number of anilines is 1. The second kappa shape index (κ2) is 7.56. The van der Waals surface area contributed by atoms with Gasteiger partial charge in [0.1, 0.15) is 0 Å². The smallest absolute Gasteiger partial charge is 0.225 e. The first-order valence-corrected chi connectivity index (χ1v) is 10.1. The Balaban J connectivity index is 1.61. The minimum atomic E-state index is 0.149. The highest BCUT2D eigenvalue weighted by molar-refractivity contribution is 6.30. The summed E-state index contributed by atoms with van der Waals surface area (Å²) in [6.07, 6.45) is 1.28. The number of Topliss-reactive ketones (excluding diaryl/α,β-unsaturated/α-hetero) is 1. The third-order valence-electron chi connectivity index (χ3n) is 5.75. The van der Waals surface area contributed by atoms with Crippen LogP contribution in [0.3, 0.4) is 0 Å². The molecule has 0 radical (unpaired) electrons. The van der Waals surface area contributed by atoms with Crippen molar-refractivity contribution in [3.8, 4) is 0 Å². The SMILES string of the molecule is CCN1CCN(c2nc(C)c3c(n2)CC(c2ccc(Cl)cc2)CC3=O)CC1. The lowest BCUT2D eigenvalue weighted by atomic mass is 9.81. The fourth-order valence-corrected chi connectivity index (χ4v) is 4.26. The standard InChI is InChI=1S/C21H25ClN4O/c1-3-25-8-10-26(11-9-25)21-23-14(2)20-18(24-21)12-16(13-19(20)27)15-4-6-17(22)7-5-15/h4-7,16H,3,8-13H2,1-2H3. The molecule has 1 aliphatic heterocycles. The second-order valence-electron chi connectivity index (χ2n) is 7.43. The van der Waals surface area contributed by atoms with Crippen molar-refractivity contribution in [3.05, 3.63) is 51.8 Å². The minimum Gasteiger partial charge on any atom is -0.338 e. The van der Waals surface area contributed by atoms with Gasteiger partial charge in [0, 0.05) is 37.6 Å². The average molecular weight is 385 g/mol. The highest BCUT2D eigenvalue weighted by Crippen LogP contribution is 2.34. The zero-order chi connectivity index (χ0) is 19.0. The maximum absolute atomic E-state index is 12.8. The van der Waals surface area contributed by atoms with E-state index < -0.39 is 0 Å². The summed E-state index contributed by atoms with van der Waals surface area (Å²) in [6, 6.07) is 7.82. The molecule has 0 saturated carbocycles. The van der Waals surface area contributed by atoms with Crippen molar-refractivity contribution in [1.82, 2.24) is 14.9 Å². The number of carbonyl (C=O) groups is 1. The van der Waals surface area contributed by atoms with E-state index in [9.17, 15) is 4.79 Å². The highest BCUT2D eigenvalue weighted by Gasteiger charge is 2.31. The molecule has 27 heavy (non-hydrogen) atoms. The zero-order valence-corrected chi connectivity index (χ0v) is 16.7. The lowest BCUT2D eigenvalue weighted by molar-refractivity contribution is 0.0962. The molecule has 0 spiro atoms. The molecule has 2 aliphatic rings. The lowest BCUT2D eigenvalue weighted by Crippen LogP contribution is -2.47. The van der Waals surface area contributed by atoms with E-state index in [1.165, 1.54) is 0 Å². The maximum atomic E-state index is 12.8. The average Bonchev–Trinajstić information content (AvgIpc) is 2.68. The molecule has 6 heteroatoms. The Labute approximate surface area is 165 Å². The minimum absolute atomic E-state index is 0.149. The molecule has 0 N–H and O–H groups in total. The van der Waals surface area contributed by atoms with Gasteiger partial charge in [-0.05, 0) is 43.5 Å². The molecule has 2 aromatic rings. The normalized spacial score (nSPS) is 20.6. The molecule has 1 fully saturated rings. The fraction of sp³-hybridized carbons (Fsp3) is 0.476. The number of benzene rings is 1. The van der Waals surface area contributed by atoms with Gasteiger partial charge < -0.3 is 9.80 Å². The Bertz CT molecular complexity index is 844. The first kappa shape index (κ1) is 18.4. The number of likely N-dealkylation sites (N-methyl/N-ethyl adjacent to an activating group) is 1. The van der Waals surface area contributed by atoms with E-state index in [1.807, 2.05) is 31.2 Å². The van der Waals surface area contributed by atoms with Crippen molar-refractivity contribution in [2.45, 2.75) is 32.6 Å². The summed E-state index contributed by atoms with van der Waals surface area (Å²) in [7, 11) is 0. The number of hydrogen-bond donors (Lipinski definition) is 0. The van der Waals surface area contributed by atoms with Crippen LogP contribution in [0.4, 0.5) is 5.95 Å². The molecule has 2 heterocycles. The monoisotopic (exact) mass is 384 g/mol. The predicted molar refractivity (Wildman–Crippen MR) is 108 cm³/mol. The van der Waals surface area contributed by atoms with E-state index in [4.69, 9.17) is 16.6 Å². The van der Waals surface area contributed by atoms with Gasteiger partial charge in [0.2, 0.25) is 5.95 Å². The molecule has 1 unspecified atom stereocenters. The van der Waals surface area contributed by atoms with Gasteiger partial charge in [-0.3, -0.25) is 4.79 Å². The number of rotatable bonds is 3. The van der Waals surface area contributed by atoms with Gasteiger partial charge in [0.25, 0.3) is 0 Å². The number of hydrogen-bond acceptors (Lipinski definition) is 5. The van der Waals surface area contributed by atoms with E-state index in [2.05, 4.69) is 21.7 Å². The molecule has 1 saturated heterocycles. The Morgan fingerprint density at radius 2 is 1.78 bits per heavy atom. The molecule has 5 nitrogen and oxygen atoms in total. The number of fused-ring (bicyclic) bond motifs is 1. The van der Waals surface area contributed by atoms with Crippen LogP contribution < -0.4 is 4.90 Å². The first-order chi connectivity index (χ1) is 13.0. The molecule has 1 atom stereocenters. The van der Waals surface area contributed by atoms with Crippen LogP contribution in [0.15, 0.2) is 24.3 Å². The lowest BCUT2D eigenvalue weighted by Gasteiger charge is -2.35. The number of halogens is 1. The number of carbonyl (C=O) groups excluding carboxylic acids is 1. The van der Waals surface area contributed by atoms with Crippen LogP contribution in [-0.4, -0.2) is 53.4 Å². The summed E-state index contributed by atoms with van der Waals surface area (Å²) in [6.45, 7) is 9.13. The summed E-state index contributed by atoms with van der Waals surface area (Å²) in [5.74, 6) is 1.07. The van der Waals surface area contributed by atoms with E-state index >= 15 is 0 Å². The fourth-order valence-electron chi connectivity index (χ4n) is 4.13. The van der Waals surface area contributed by atoms with Gasteiger partial charge in [-0.1, -0.05) is 30.7 Å². The van der Waals surface area contributed by atoms with E-state index in [0.29, 0.717) is 11.4 Å².